The first-order chi connectivity index (χ1) is 23.2. The van der Waals surface area contributed by atoms with Gasteiger partial charge in [0.1, 0.15) is 11.6 Å². The fraction of sp³-hybridized carbons (Fsp3) is 0.314. The van der Waals surface area contributed by atoms with Gasteiger partial charge in [0.2, 0.25) is 12.7 Å². The van der Waals surface area contributed by atoms with Crippen molar-refractivity contribution in [3.8, 4) is 11.5 Å². The number of benzene rings is 3. The molecule has 48 heavy (non-hydrogen) atoms. The average molecular weight is 674 g/mol. The van der Waals surface area contributed by atoms with Gasteiger partial charge in [-0.15, -0.1) is 0 Å². The van der Waals surface area contributed by atoms with Crippen molar-refractivity contribution in [2.45, 2.75) is 12.5 Å². The first kappa shape index (κ1) is 32.9. The third-order valence-electron chi connectivity index (χ3n) is 8.33. The molecule has 0 aliphatic carbocycles. The van der Waals surface area contributed by atoms with Gasteiger partial charge in [0, 0.05) is 68.5 Å². The molecule has 0 spiro atoms. The lowest BCUT2D eigenvalue weighted by Gasteiger charge is -2.38. The van der Waals surface area contributed by atoms with Crippen LogP contribution in [0.1, 0.15) is 26.5 Å². The number of rotatable bonds is 10. The summed E-state index contributed by atoms with van der Waals surface area (Å²) in [6.07, 6.45) is 0.189. The second-order valence-electron chi connectivity index (χ2n) is 11.9. The van der Waals surface area contributed by atoms with Crippen molar-refractivity contribution < 1.29 is 28.3 Å². The van der Waals surface area contributed by atoms with Crippen molar-refractivity contribution in [3.05, 3.63) is 98.9 Å². The molecule has 1 atom stereocenters. The standard InChI is InChI=1S/C35H36ClN5O7/c1-39(2)12-11-37-33(43)24-5-3-4-6-27(24)40-13-15-41(16-14-40)35(45)26(17-22-7-9-23(36)10-8-22)38-34(44)32-19-28(42)25-18-30-31(47-21-46-30)20-29(25)48-32/h3-10,18-20,26H,11-17,21H2,1-2H3,(H,37,43)(H,38,44)/t26-/m1/s1. The van der Waals surface area contributed by atoms with Crippen LogP contribution >= 0.6 is 11.6 Å². The van der Waals surface area contributed by atoms with Gasteiger partial charge < -0.3 is 39.2 Å². The molecule has 3 aromatic carbocycles. The lowest BCUT2D eigenvalue weighted by atomic mass is 10.0. The van der Waals surface area contributed by atoms with E-state index in [2.05, 4.69) is 15.5 Å². The Morgan fingerprint density at radius 2 is 1.62 bits per heavy atom. The molecule has 1 aromatic heterocycles. The minimum Gasteiger partial charge on any atom is -0.454 e. The number of piperazine rings is 1. The van der Waals surface area contributed by atoms with Crippen molar-refractivity contribution in [2.24, 2.45) is 0 Å². The Bertz CT molecular complexity index is 1890. The highest BCUT2D eigenvalue weighted by atomic mass is 35.5. The smallest absolute Gasteiger partial charge is 0.287 e. The van der Waals surface area contributed by atoms with E-state index in [-0.39, 0.29) is 41.8 Å². The number of hydrogen-bond acceptors (Lipinski definition) is 9. The Hall–Kier alpha value is -5.07. The van der Waals surface area contributed by atoms with Gasteiger partial charge in [0.15, 0.2) is 22.7 Å². The molecule has 0 unspecified atom stereocenters. The fourth-order valence-electron chi connectivity index (χ4n) is 5.76. The summed E-state index contributed by atoms with van der Waals surface area (Å²) in [6, 6.07) is 17.7. The number of para-hydroxylation sites is 1. The van der Waals surface area contributed by atoms with Crippen LogP contribution in [0.2, 0.25) is 5.02 Å². The first-order valence-electron chi connectivity index (χ1n) is 15.6. The molecule has 2 aliphatic heterocycles. The fourth-order valence-corrected chi connectivity index (χ4v) is 5.89. The molecule has 3 amide bonds. The molecule has 1 fully saturated rings. The number of ether oxygens (including phenoxy) is 2. The summed E-state index contributed by atoms with van der Waals surface area (Å²) in [5, 5.41) is 6.58. The highest BCUT2D eigenvalue weighted by Crippen LogP contribution is 2.35. The SMILES string of the molecule is CN(C)CCNC(=O)c1ccccc1N1CCN(C(=O)[C@@H](Cc2ccc(Cl)cc2)NC(=O)c2cc(=O)c3cc4c(cc3o2)OCO4)CC1. The number of fused-ring (bicyclic) bond motifs is 2. The lowest BCUT2D eigenvalue weighted by Crippen LogP contribution is -2.55. The molecule has 0 radical (unpaired) electrons. The first-order valence-corrected chi connectivity index (χ1v) is 16.0. The predicted molar refractivity (Wildman–Crippen MR) is 181 cm³/mol. The molecule has 2 aliphatic rings. The Morgan fingerprint density at radius 3 is 2.35 bits per heavy atom. The van der Waals surface area contributed by atoms with Gasteiger partial charge in [-0.05, 0) is 50.0 Å². The number of carbonyl (C=O) groups is 3. The molecule has 1 saturated heterocycles. The Balaban J connectivity index is 1.18. The number of hydrogen-bond donors (Lipinski definition) is 2. The predicted octanol–water partition coefficient (Wildman–Crippen LogP) is 3.16. The monoisotopic (exact) mass is 673 g/mol. The van der Waals surface area contributed by atoms with E-state index < -0.39 is 17.4 Å². The Labute approximate surface area is 282 Å². The van der Waals surface area contributed by atoms with Gasteiger partial charge in [0.05, 0.1) is 10.9 Å². The van der Waals surface area contributed by atoms with Crippen LogP contribution in [0, 0.1) is 0 Å². The zero-order chi connectivity index (χ0) is 33.8. The Morgan fingerprint density at radius 1 is 0.917 bits per heavy atom. The number of amides is 3. The van der Waals surface area contributed by atoms with Crippen LogP contribution in [-0.2, 0) is 11.2 Å². The second-order valence-corrected chi connectivity index (χ2v) is 12.4. The van der Waals surface area contributed by atoms with Crippen LogP contribution in [0.4, 0.5) is 5.69 Å². The third-order valence-corrected chi connectivity index (χ3v) is 8.58. The number of carbonyl (C=O) groups excluding carboxylic acids is 3. The number of halogens is 1. The maximum absolute atomic E-state index is 14.0. The molecule has 3 heterocycles. The second kappa shape index (κ2) is 14.4. The van der Waals surface area contributed by atoms with Gasteiger partial charge >= 0.3 is 0 Å². The maximum Gasteiger partial charge on any atom is 0.287 e. The van der Waals surface area contributed by atoms with Crippen LogP contribution in [0.3, 0.4) is 0 Å². The van der Waals surface area contributed by atoms with E-state index in [1.54, 1.807) is 35.2 Å². The Kier molecular flexibility index (Phi) is 9.83. The topological polar surface area (TPSA) is 134 Å². The number of anilines is 1. The third kappa shape index (κ3) is 7.40. The van der Waals surface area contributed by atoms with Gasteiger partial charge in [-0.3, -0.25) is 19.2 Å². The highest BCUT2D eigenvalue weighted by molar-refractivity contribution is 6.30. The van der Waals surface area contributed by atoms with Crippen LogP contribution in [0.15, 0.2) is 75.9 Å². The zero-order valence-electron chi connectivity index (χ0n) is 26.7. The van der Waals surface area contributed by atoms with Crippen molar-refractivity contribution in [2.75, 3.05) is 65.1 Å². The lowest BCUT2D eigenvalue weighted by molar-refractivity contribution is -0.133. The molecule has 12 nitrogen and oxygen atoms in total. The van der Waals surface area contributed by atoms with E-state index in [0.717, 1.165) is 23.9 Å². The average Bonchev–Trinajstić information content (AvgIpc) is 3.55. The summed E-state index contributed by atoms with van der Waals surface area (Å²) in [7, 11) is 3.90. The van der Waals surface area contributed by atoms with E-state index in [1.807, 2.05) is 37.2 Å². The minimum atomic E-state index is -0.960. The van der Waals surface area contributed by atoms with E-state index in [1.165, 1.54) is 12.1 Å². The summed E-state index contributed by atoms with van der Waals surface area (Å²) in [6.45, 7) is 3.00. The molecule has 4 aromatic rings. The number of nitrogens with one attached hydrogen (secondary N) is 2. The van der Waals surface area contributed by atoms with Gasteiger partial charge in [-0.2, -0.15) is 0 Å². The summed E-state index contributed by atoms with van der Waals surface area (Å²) >= 11 is 6.09. The normalized spacial score (nSPS) is 14.7. The van der Waals surface area contributed by atoms with E-state index in [0.29, 0.717) is 54.8 Å². The van der Waals surface area contributed by atoms with E-state index in [4.69, 9.17) is 25.5 Å². The number of nitrogens with zero attached hydrogens (tertiary/aromatic N) is 3. The molecule has 0 saturated carbocycles. The largest absolute Gasteiger partial charge is 0.454 e. The van der Waals surface area contributed by atoms with Crippen LogP contribution in [0.5, 0.6) is 11.5 Å². The van der Waals surface area contributed by atoms with Crippen molar-refractivity contribution in [1.29, 1.82) is 0 Å². The quantitative estimate of drug-likeness (QED) is 0.261. The highest BCUT2D eigenvalue weighted by Gasteiger charge is 2.31. The molecule has 13 heteroatoms. The zero-order valence-corrected chi connectivity index (χ0v) is 27.4. The molecular formula is C35H36ClN5O7. The summed E-state index contributed by atoms with van der Waals surface area (Å²) < 4.78 is 16.6. The molecule has 0 bridgehead atoms. The van der Waals surface area contributed by atoms with Crippen LogP contribution < -0.4 is 30.4 Å². The van der Waals surface area contributed by atoms with E-state index in [9.17, 15) is 19.2 Å². The summed E-state index contributed by atoms with van der Waals surface area (Å²) in [4.78, 5) is 59.3. The van der Waals surface area contributed by atoms with Gasteiger partial charge in [-0.1, -0.05) is 35.9 Å². The summed E-state index contributed by atoms with van der Waals surface area (Å²) in [5.74, 6) is -0.531. The number of likely N-dealkylation sites (N-methyl/N-ethyl adjacent to an activating group) is 1. The molecule has 250 valence electrons. The van der Waals surface area contributed by atoms with Gasteiger partial charge in [0.25, 0.3) is 11.8 Å². The van der Waals surface area contributed by atoms with Crippen molar-refractivity contribution in [3.63, 3.8) is 0 Å². The van der Waals surface area contributed by atoms with Crippen LogP contribution in [0.25, 0.3) is 11.0 Å². The van der Waals surface area contributed by atoms with Crippen molar-refractivity contribution in [1.82, 2.24) is 20.4 Å². The maximum atomic E-state index is 14.0. The molecule has 6 rings (SSSR count). The minimum absolute atomic E-state index is 0.0227. The summed E-state index contributed by atoms with van der Waals surface area (Å²) in [5.41, 5.74) is 1.90. The van der Waals surface area contributed by atoms with Gasteiger partial charge in [-0.25, -0.2) is 0 Å². The molecular weight excluding hydrogens is 638 g/mol. The van der Waals surface area contributed by atoms with E-state index >= 15 is 0 Å². The van der Waals surface area contributed by atoms with Crippen molar-refractivity contribution >= 4 is 46.0 Å². The van der Waals surface area contributed by atoms with Crippen LogP contribution in [-0.4, -0.2) is 93.7 Å². The molecule has 2 N–H and O–H groups in total.